The normalized spacial score (nSPS) is 12.0. The molecule has 0 spiro atoms. The molecule has 0 bridgehead atoms. The van der Waals surface area contributed by atoms with E-state index in [2.05, 4.69) is 5.43 Å². The van der Waals surface area contributed by atoms with Crippen molar-refractivity contribution in [1.29, 1.82) is 5.26 Å². The van der Waals surface area contributed by atoms with Crippen molar-refractivity contribution in [3.05, 3.63) is 70.3 Å². The Hall–Kier alpha value is -3.17. The zero-order chi connectivity index (χ0) is 21.1. The first-order valence-corrected chi connectivity index (χ1v) is 9.02. The molecule has 0 aromatic heterocycles. The number of carbonyl (C=O) groups is 2. The maximum atomic E-state index is 13.1. The number of nitrogens with zero attached hydrogens (tertiary/aromatic N) is 2. The molecule has 6 heteroatoms. The van der Waals surface area contributed by atoms with Gasteiger partial charge in [0, 0.05) is 11.1 Å². The quantitative estimate of drug-likeness (QED) is 0.800. The number of rotatable bonds is 3. The van der Waals surface area contributed by atoms with E-state index in [1.54, 1.807) is 36.4 Å². The summed E-state index contributed by atoms with van der Waals surface area (Å²) in [7, 11) is 0. The van der Waals surface area contributed by atoms with Crippen LogP contribution in [-0.4, -0.2) is 22.4 Å². The molecule has 6 nitrogen and oxygen atoms in total. The predicted molar refractivity (Wildman–Crippen MR) is 108 cm³/mol. The monoisotopic (exact) mass is 378 g/mol. The second kappa shape index (κ2) is 8.24. The van der Waals surface area contributed by atoms with Gasteiger partial charge in [0.05, 0.1) is 11.6 Å². The van der Waals surface area contributed by atoms with E-state index in [9.17, 15) is 9.59 Å². The fourth-order valence-corrected chi connectivity index (χ4v) is 2.83. The van der Waals surface area contributed by atoms with E-state index >= 15 is 0 Å². The van der Waals surface area contributed by atoms with Gasteiger partial charge in [-0.05, 0) is 64.4 Å². The van der Waals surface area contributed by atoms with Gasteiger partial charge in [0.2, 0.25) is 0 Å². The molecule has 0 aliphatic rings. The molecular formula is C22H26N4O2. The fourth-order valence-electron chi connectivity index (χ4n) is 2.83. The van der Waals surface area contributed by atoms with Crippen molar-refractivity contribution in [2.24, 2.45) is 5.73 Å². The Kier molecular flexibility index (Phi) is 6.22. The summed E-state index contributed by atoms with van der Waals surface area (Å²) in [5.74, 6) is -0.694. The standard InChI is InChI=1S/C22H26N4O2/c1-14-10-15(2)12-18(11-14)21(28)26(22(3,4)5)25-20(27)17-8-6-16(7-9-17)19(24)13-23/h6-12,19H,24H2,1-5H3,(H,25,27). The van der Waals surface area contributed by atoms with Crippen LogP contribution in [0, 0.1) is 25.2 Å². The van der Waals surface area contributed by atoms with Crippen molar-refractivity contribution < 1.29 is 9.59 Å². The first kappa shape index (κ1) is 21.1. The highest BCUT2D eigenvalue weighted by atomic mass is 16.2. The van der Waals surface area contributed by atoms with E-state index in [-0.39, 0.29) is 5.91 Å². The van der Waals surface area contributed by atoms with Crippen LogP contribution in [0.5, 0.6) is 0 Å². The van der Waals surface area contributed by atoms with Crippen molar-refractivity contribution in [3.8, 4) is 6.07 Å². The minimum Gasteiger partial charge on any atom is -0.312 e. The van der Waals surface area contributed by atoms with Gasteiger partial charge in [-0.25, -0.2) is 5.01 Å². The van der Waals surface area contributed by atoms with Crippen LogP contribution in [-0.2, 0) is 0 Å². The second-order valence-electron chi connectivity index (χ2n) is 7.86. The van der Waals surface area contributed by atoms with E-state index in [0.29, 0.717) is 16.7 Å². The molecule has 2 amide bonds. The zero-order valence-corrected chi connectivity index (χ0v) is 16.9. The van der Waals surface area contributed by atoms with Crippen molar-refractivity contribution in [2.45, 2.75) is 46.2 Å². The number of amides is 2. The predicted octanol–water partition coefficient (Wildman–Crippen LogP) is 3.41. The highest BCUT2D eigenvalue weighted by Crippen LogP contribution is 2.18. The van der Waals surface area contributed by atoms with Gasteiger partial charge in [-0.15, -0.1) is 0 Å². The number of carbonyl (C=O) groups excluding carboxylic acids is 2. The van der Waals surface area contributed by atoms with Crippen LogP contribution < -0.4 is 11.2 Å². The zero-order valence-electron chi connectivity index (χ0n) is 16.9. The maximum absolute atomic E-state index is 13.1. The van der Waals surface area contributed by atoms with Gasteiger partial charge in [-0.1, -0.05) is 29.3 Å². The Morgan fingerprint density at radius 3 is 2.04 bits per heavy atom. The lowest BCUT2D eigenvalue weighted by Gasteiger charge is -2.35. The summed E-state index contributed by atoms with van der Waals surface area (Å²) in [5.41, 5.74) is 11.2. The van der Waals surface area contributed by atoms with Gasteiger partial charge in [-0.2, -0.15) is 5.26 Å². The molecule has 0 radical (unpaired) electrons. The van der Waals surface area contributed by atoms with Gasteiger partial charge in [0.1, 0.15) is 6.04 Å². The minimum atomic E-state index is -0.741. The molecule has 0 fully saturated rings. The summed E-state index contributed by atoms with van der Waals surface area (Å²) < 4.78 is 0. The Morgan fingerprint density at radius 2 is 1.57 bits per heavy atom. The van der Waals surface area contributed by atoms with E-state index in [4.69, 9.17) is 11.0 Å². The summed E-state index contributed by atoms with van der Waals surface area (Å²) in [4.78, 5) is 25.8. The summed E-state index contributed by atoms with van der Waals surface area (Å²) >= 11 is 0. The van der Waals surface area contributed by atoms with Crippen LogP contribution in [0.3, 0.4) is 0 Å². The van der Waals surface area contributed by atoms with Crippen molar-refractivity contribution in [2.75, 3.05) is 0 Å². The fraction of sp³-hybridized carbons (Fsp3) is 0.318. The highest BCUT2D eigenvalue weighted by molar-refractivity contribution is 5.99. The van der Waals surface area contributed by atoms with Gasteiger partial charge >= 0.3 is 0 Å². The van der Waals surface area contributed by atoms with E-state index in [1.807, 2.05) is 46.8 Å². The largest absolute Gasteiger partial charge is 0.312 e. The van der Waals surface area contributed by atoms with Gasteiger partial charge in [0.15, 0.2) is 0 Å². The van der Waals surface area contributed by atoms with E-state index in [0.717, 1.165) is 11.1 Å². The summed E-state index contributed by atoms with van der Waals surface area (Å²) in [6, 6.07) is 13.2. The molecule has 2 rings (SSSR count). The molecule has 3 N–H and O–H groups in total. The molecular weight excluding hydrogens is 352 g/mol. The highest BCUT2D eigenvalue weighted by Gasteiger charge is 2.30. The van der Waals surface area contributed by atoms with Crippen LogP contribution >= 0.6 is 0 Å². The third kappa shape index (κ3) is 4.96. The van der Waals surface area contributed by atoms with Crippen molar-refractivity contribution in [3.63, 3.8) is 0 Å². The van der Waals surface area contributed by atoms with E-state index < -0.39 is 17.5 Å². The number of hydrazine groups is 1. The van der Waals surface area contributed by atoms with Crippen LogP contribution in [0.25, 0.3) is 0 Å². The number of hydrogen-bond donors (Lipinski definition) is 2. The second-order valence-corrected chi connectivity index (χ2v) is 7.86. The molecule has 0 saturated carbocycles. The van der Waals surface area contributed by atoms with E-state index in [1.165, 1.54) is 5.01 Å². The van der Waals surface area contributed by atoms with Crippen molar-refractivity contribution in [1.82, 2.24) is 10.4 Å². The molecule has 0 heterocycles. The molecule has 146 valence electrons. The molecule has 1 atom stereocenters. The van der Waals surface area contributed by atoms with Crippen LogP contribution in [0.4, 0.5) is 0 Å². The topological polar surface area (TPSA) is 99.2 Å². The third-order valence-corrected chi connectivity index (χ3v) is 4.23. The molecule has 0 aliphatic heterocycles. The van der Waals surface area contributed by atoms with Gasteiger partial charge in [-0.3, -0.25) is 15.0 Å². The molecule has 0 aliphatic carbocycles. The summed E-state index contributed by atoms with van der Waals surface area (Å²) in [6.45, 7) is 9.41. The van der Waals surface area contributed by atoms with Crippen LogP contribution in [0.1, 0.15) is 64.2 Å². The maximum Gasteiger partial charge on any atom is 0.272 e. The van der Waals surface area contributed by atoms with Crippen LogP contribution in [0.2, 0.25) is 0 Å². The Balaban J connectivity index is 2.28. The number of nitrogens with two attached hydrogens (primary N) is 1. The number of hydrogen-bond acceptors (Lipinski definition) is 4. The summed E-state index contributed by atoms with van der Waals surface area (Å²) in [6.07, 6.45) is 0. The third-order valence-electron chi connectivity index (χ3n) is 4.23. The Labute approximate surface area is 165 Å². The Bertz CT molecular complexity index is 901. The Morgan fingerprint density at radius 1 is 1.04 bits per heavy atom. The average molecular weight is 378 g/mol. The molecule has 0 saturated heterocycles. The molecule has 2 aromatic rings. The SMILES string of the molecule is Cc1cc(C)cc(C(=O)N(NC(=O)c2ccc(C(N)C#N)cc2)C(C)(C)C)c1. The average Bonchev–Trinajstić information content (AvgIpc) is 2.63. The lowest BCUT2D eigenvalue weighted by Crippen LogP contribution is -2.55. The lowest BCUT2D eigenvalue weighted by molar-refractivity contribution is 0.0358. The first-order valence-electron chi connectivity index (χ1n) is 9.02. The molecule has 28 heavy (non-hydrogen) atoms. The number of aryl methyl sites for hydroxylation is 2. The van der Waals surface area contributed by atoms with Crippen molar-refractivity contribution >= 4 is 11.8 Å². The minimum absolute atomic E-state index is 0.282. The lowest BCUT2D eigenvalue weighted by atomic mass is 10.0. The first-order chi connectivity index (χ1) is 13.0. The van der Waals surface area contributed by atoms with Gasteiger partial charge in [0.25, 0.3) is 11.8 Å². The summed E-state index contributed by atoms with van der Waals surface area (Å²) in [5, 5.41) is 10.2. The smallest absolute Gasteiger partial charge is 0.272 e. The number of benzene rings is 2. The van der Waals surface area contributed by atoms with Crippen LogP contribution in [0.15, 0.2) is 42.5 Å². The molecule has 2 aromatic carbocycles. The number of nitriles is 1. The molecule has 1 unspecified atom stereocenters. The number of nitrogens with one attached hydrogen (secondary N) is 1. The van der Waals surface area contributed by atoms with Gasteiger partial charge < -0.3 is 5.73 Å².